The van der Waals surface area contributed by atoms with Crippen LogP contribution in [-0.4, -0.2) is 62.1 Å². The van der Waals surface area contributed by atoms with E-state index in [2.05, 4.69) is 4.90 Å². The molecule has 2 N–H and O–H groups in total. The van der Waals surface area contributed by atoms with Crippen molar-refractivity contribution < 1.29 is 9.53 Å². The lowest BCUT2D eigenvalue weighted by molar-refractivity contribution is 0.0633. The first-order valence-electron chi connectivity index (χ1n) is 7.11. The molecule has 1 saturated heterocycles. The largest absolute Gasteiger partial charge is 0.496 e. The molecule has 0 unspecified atom stereocenters. The fourth-order valence-electron chi connectivity index (χ4n) is 2.48. The Labute approximate surface area is 120 Å². The van der Waals surface area contributed by atoms with E-state index in [1.165, 1.54) is 0 Å². The average molecular weight is 277 g/mol. The fraction of sp³-hybridized carbons (Fsp3) is 0.533. The SMILES string of the molecule is COc1ccccc1C(=O)N1CCN(CCCN)CC1. The number of para-hydroxylation sites is 1. The lowest BCUT2D eigenvalue weighted by Crippen LogP contribution is -2.49. The molecule has 5 nitrogen and oxygen atoms in total. The third-order valence-corrected chi connectivity index (χ3v) is 3.68. The molecule has 1 aliphatic heterocycles. The molecule has 0 spiro atoms. The number of carbonyl (C=O) groups excluding carboxylic acids is 1. The molecular formula is C15H23N3O2. The number of methoxy groups -OCH3 is 1. The van der Waals surface area contributed by atoms with E-state index in [1.54, 1.807) is 7.11 Å². The Balaban J connectivity index is 1.94. The number of amides is 1. The summed E-state index contributed by atoms with van der Waals surface area (Å²) in [6.07, 6.45) is 1.01. The van der Waals surface area contributed by atoms with E-state index in [4.69, 9.17) is 10.5 Å². The highest BCUT2D eigenvalue weighted by molar-refractivity contribution is 5.97. The number of benzene rings is 1. The van der Waals surface area contributed by atoms with Crippen LogP contribution < -0.4 is 10.5 Å². The third kappa shape index (κ3) is 3.49. The van der Waals surface area contributed by atoms with Gasteiger partial charge in [0.2, 0.25) is 0 Å². The van der Waals surface area contributed by atoms with Crippen molar-refractivity contribution in [2.24, 2.45) is 5.73 Å². The summed E-state index contributed by atoms with van der Waals surface area (Å²) >= 11 is 0. The Bertz CT molecular complexity index is 442. The van der Waals surface area contributed by atoms with Crippen LogP contribution in [0.15, 0.2) is 24.3 Å². The van der Waals surface area contributed by atoms with Gasteiger partial charge in [-0.2, -0.15) is 0 Å². The highest BCUT2D eigenvalue weighted by Crippen LogP contribution is 2.20. The van der Waals surface area contributed by atoms with Crippen molar-refractivity contribution in [3.63, 3.8) is 0 Å². The van der Waals surface area contributed by atoms with Gasteiger partial charge in [-0.3, -0.25) is 9.69 Å². The minimum Gasteiger partial charge on any atom is -0.496 e. The van der Waals surface area contributed by atoms with Gasteiger partial charge >= 0.3 is 0 Å². The van der Waals surface area contributed by atoms with Crippen LogP contribution in [-0.2, 0) is 0 Å². The van der Waals surface area contributed by atoms with Crippen LogP contribution in [0.5, 0.6) is 5.75 Å². The van der Waals surface area contributed by atoms with Crippen molar-refractivity contribution in [1.82, 2.24) is 9.80 Å². The Morgan fingerprint density at radius 2 is 1.95 bits per heavy atom. The molecule has 20 heavy (non-hydrogen) atoms. The summed E-state index contributed by atoms with van der Waals surface area (Å²) in [5.41, 5.74) is 6.17. The van der Waals surface area contributed by atoms with Crippen molar-refractivity contribution in [2.75, 3.05) is 46.4 Å². The number of rotatable bonds is 5. The molecule has 0 aliphatic carbocycles. The maximum atomic E-state index is 12.5. The Kier molecular flexibility index (Phi) is 5.38. The summed E-state index contributed by atoms with van der Waals surface area (Å²) in [6.45, 7) is 5.11. The van der Waals surface area contributed by atoms with E-state index in [9.17, 15) is 4.79 Å². The number of ether oxygens (including phenoxy) is 1. The molecule has 0 atom stereocenters. The summed E-state index contributed by atoms with van der Waals surface area (Å²) < 4.78 is 5.26. The van der Waals surface area contributed by atoms with Gasteiger partial charge in [-0.15, -0.1) is 0 Å². The van der Waals surface area contributed by atoms with E-state index in [1.807, 2.05) is 29.2 Å². The van der Waals surface area contributed by atoms with E-state index in [0.29, 0.717) is 11.3 Å². The van der Waals surface area contributed by atoms with Crippen LogP contribution in [0.25, 0.3) is 0 Å². The number of piperazine rings is 1. The normalized spacial score (nSPS) is 16.2. The van der Waals surface area contributed by atoms with Gasteiger partial charge in [-0.1, -0.05) is 12.1 Å². The number of nitrogens with zero attached hydrogens (tertiary/aromatic N) is 2. The predicted octanol–water partition coefficient (Wildman–Crippen LogP) is 0.802. The van der Waals surface area contributed by atoms with Crippen molar-refractivity contribution in [2.45, 2.75) is 6.42 Å². The van der Waals surface area contributed by atoms with Crippen molar-refractivity contribution in [1.29, 1.82) is 0 Å². The topological polar surface area (TPSA) is 58.8 Å². The molecule has 1 amide bonds. The molecule has 110 valence electrons. The van der Waals surface area contributed by atoms with Gasteiger partial charge in [0, 0.05) is 26.2 Å². The van der Waals surface area contributed by atoms with Gasteiger partial charge in [-0.05, 0) is 31.6 Å². The smallest absolute Gasteiger partial charge is 0.257 e. The van der Waals surface area contributed by atoms with Crippen molar-refractivity contribution >= 4 is 5.91 Å². The highest BCUT2D eigenvalue weighted by atomic mass is 16.5. The lowest BCUT2D eigenvalue weighted by Gasteiger charge is -2.34. The summed E-state index contributed by atoms with van der Waals surface area (Å²) in [5.74, 6) is 0.698. The van der Waals surface area contributed by atoms with Crippen molar-refractivity contribution in [3.05, 3.63) is 29.8 Å². The number of hydrogen-bond acceptors (Lipinski definition) is 4. The van der Waals surface area contributed by atoms with Crippen LogP contribution in [0, 0.1) is 0 Å². The van der Waals surface area contributed by atoms with Gasteiger partial charge in [0.15, 0.2) is 0 Å². The Hall–Kier alpha value is -1.59. The van der Waals surface area contributed by atoms with Gasteiger partial charge in [0.25, 0.3) is 5.91 Å². The van der Waals surface area contributed by atoms with Crippen LogP contribution in [0.3, 0.4) is 0 Å². The average Bonchev–Trinajstić information content (AvgIpc) is 2.52. The quantitative estimate of drug-likeness (QED) is 0.865. The second-order valence-corrected chi connectivity index (χ2v) is 4.98. The molecule has 1 heterocycles. The van der Waals surface area contributed by atoms with Crippen LogP contribution in [0.4, 0.5) is 0 Å². The Morgan fingerprint density at radius 1 is 1.25 bits per heavy atom. The molecule has 1 aliphatic rings. The monoisotopic (exact) mass is 277 g/mol. The molecule has 0 aromatic heterocycles. The molecule has 1 aromatic rings. The molecule has 5 heteroatoms. The van der Waals surface area contributed by atoms with Crippen molar-refractivity contribution in [3.8, 4) is 5.75 Å². The summed E-state index contributed by atoms with van der Waals surface area (Å²) in [4.78, 5) is 16.8. The molecule has 0 bridgehead atoms. The molecule has 1 fully saturated rings. The minimum absolute atomic E-state index is 0.0564. The molecule has 2 rings (SSSR count). The zero-order chi connectivity index (χ0) is 14.4. The molecule has 0 saturated carbocycles. The van der Waals surface area contributed by atoms with Gasteiger partial charge in [-0.25, -0.2) is 0 Å². The van der Waals surface area contributed by atoms with Gasteiger partial charge in [0.05, 0.1) is 12.7 Å². The maximum Gasteiger partial charge on any atom is 0.257 e. The predicted molar refractivity (Wildman–Crippen MR) is 79.0 cm³/mol. The zero-order valence-electron chi connectivity index (χ0n) is 12.0. The second kappa shape index (κ2) is 7.26. The first-order valence-corrected chi connectivity index (χ1v) is 7.11. The van der Waals surface area contributed by atoms with E-state index in [-0.39, 0.29) is 5.91 Å². The van der Waals surface area contributed by atoms with E-state index in [0.717, 1.165) is 45.7 Å². The van der Waals surface area contributed by atoms with Gasteiger partial charge in [0.1, 0.15) is 5.75 Å². The van der Waals surface area contributed by atoms with Gasteiger partial charge < -0.3 is 15.4 Å². The van der Waals surface area contributed by atoms with E-state index >= 15 is 0 Å². The summed E-state index contributed by atoms with van der Waals surface area (Å²) in [7, 11) is 1.59. The number of carbonyl (C=O) groups is 1. The molecule has 1 aromatic carbocycles. The second-order valence-electron chi connectivity index (χ2n) is 4.98. The fourth-order valence-corrected chi connectivity index (χ4v) is 2.48. The van der Waals surface area contributed by atoms with E-state index < -0.39 is 0 Å². The van der Waals surface area contributed by atoms with Crippen LogP contribution in [0.2, 0.25) is 0 Å². The maximum absolute atomic E-state index is 12.5. The minimum atomic E-state index is 0.0564. The summed E-state index contributed by atoms with van der Waals surface area (Å²) in [5, 5.41) is 0. The first kappa shape index (κ1) is 14.8. The Morgan fingerprint density at radius 3 is 2.60 bits per heavy atom. The highest BCUT2D eigenvalue weighted by Gasteiger charge is 2.23. The zero-order valence-corrected chi connectivity index (χ0v) is 12.0. The first-order chi connectivity index (χ1) is 9.76. The molecular weight excluding hydrogens is 254 g/mol. The molecule has 0 radical (unpaired) electrons. The van der Waals surface area contributed by atoms with Crippen LogP contribution >= 0.6 is 0 Å². The lowest BCUT2D eigenvalue weighted by atomic mass is 10.1. The summed E-state index contributed by atoms with van der Waals surface area (Å²) in [6, 6.07) is 7.39. The standard InChI is InChI=1S/C15H23N3O2/c1-20-14-6-3-2-5-13(14)15(19)18-11-9-17(10-12-18)8-4-7-16/h2-3,5-6H,4,7-12,16H2,1H3. The third-order valence-electron chi connectivity index (χ3n) is 3.68. The number of nitrogens with two attached hydrogens (primary N) is 1. The number of hydrogen-bond donors (Lipinski definition) is 1. The van der Waals surface area contributed by atoms with Crippen LogP contribution in [0.1, 0.15) is 16.8 Å².